The molecule has 1 nitrogen and oxygen atoms in total. The number of ether oxygens (including phenoxy) is 1. The van der Waals surface area contributed by atoms with Crippen molar-refractivity contribution in [3.8, 4) is 11.5 Å². The fourth-order valence-corrected chi connectivity index (χ4v) is 2.41. The third kappa shape index (κ3) is 7.22. The molecule has 0 atom stereocenters. The van der Waals surface area contributed by atoms with Crippen LogP contribution in [0, 0.1) is 13.8 Å². The zero-order valence-electron chi connectivity index (χ0n) is 15.7. The van der Waals surface area contributed by atoms with Gasteiger partial charge >= 0.3 is 0 Å². The molecule has 2 aromatic carbocycles. The minimum absolute atomic E-state index is 0.867. The predicted molar refractivity (Wildman–Crippen MR) is 107 cm³/mol. The molecule has 0 aliphatic rings. The largest absolute Gasteiger partial charge is 0.456 e. The van der Waals surface area contributed by atoms with Crippen molar-refractivity contribution in [2.24, 2.45) is 0 Å². The summed E-state index contributed by atoms with van der Waals surface area (Å²) in [4.78, 5) is 0. The van der Waals surface area contributed by atoms with E-state index < -0.39 is 0 Å². The summed E-state index contributed by atoms with van der Waals surface area (Å²) in [7, 11) is 0. The molecule has 2 aromatic rings. The molecule has 0 bridgehead atoms. The molecule has 0 spiro atoms. The van der Waals surface area contributed by atoms with Gasteiger partial charge in [-0.3, -0.25) is 0 Å². The summed E-state index contributed by atoms with van der Waals surface area (Å²) >= 11 is 3.53. The Bertz CT molecular complexity index is 576. The Balaban J connectivity index is 0.00000112. The summed E-state index contributed by atoms with van der Waals surface area (Å²) in [6, 6.07) is 12.6. The van der Waals surface area contributed by atoms with E-state index in [0.29, 0.717) is 0 Å². The molecule has 0 saturated carbocycles. The Morgan fingerprint density at radius 3 is 2.09 bits per heavy atom. The van der Waals surface area contributed by atoms with E-state index in [1.165, 1.54) is 23.1 Å². The highest BCUT2D eigenvalue weighted by molar-refractivity contribution is 9.10. The molecule has 0 saturated heterocycles. The van der Waals surface area contributed by atoms with E-state index in [-0.39, 0.29) is 0 Å². The molecule has 0 aliphatic heterocycles. The van der Waals surface area contributed by atoms with E-state index in [1.54, 1.807) is 0 Å². The van der Waals surface area contributed by atoms with Crippen LogP contribution in [0.3, 0.4) is 0 Å². The van der Waals surface area contributed by atoms with Gasteiger partial charge in [-0.2, -0.15) is 0 Å². The molecule has 2 rings (SSSR count). The summed E-state index contributed by atoms with van der Waals surface area (Å²) in [5.41, 5.74) is 3.74. The summed E-state index contributed by atoms with van der Waals surface area (Å²) in [6.07, 6.45) is 2.29. The van der Waals surface area contributed by atoms with Gasteiger partial charge in [0.2, 0.25) is 0 Å². The summed E-state index contributed by atoms with van der Waals surface area (Å²) in [6.45, 7) is 14.4. The van der Waals surface area contributed by atoms with Crippen molar-refractivity contribution in [1.82, 2.24) is 0 Å². The van der Waals surface area contributed by atoms with Crippen LogP contribution in [-0.4, -0.2) is 0 Å². The summed E-state index contributed by atoms with van der Waals surface area (Å²) in [5, 5.41) is 0. The first-order chi connectivity index (χ1) is 11.1. The quantitative estimate of drug-likeness (QED) is 0.525. The Hall–Kier alpha value is -1.28. The number of hydrogen-bond acceptors (Lipinski definition) is 1. The first-order valence-electron chi connectivity index (χ1n) is 8.63. The Morgan fingerprint density at radius 1 is 0.870 bits per heavy atom. The van der Waals surface area contributed by atoms with E-state index in [4.69, 9.17) is 4.74 Å². The van der Waals surface area contributed by atoms with Gasteiger partial charge in [0.1, 0.15) is 11.5 Å². The van der Waals surface area contributed by atoms with Crippen LogP contribution in [0.1, 0.15) is 57.7 Å². The number of benzene rings is 2. The van der Waals surface area contributed by atoms with Crippen LogP contribution in [-0.2, 0) is 6.42 Å². The van der Waals surface area contributed by atoms with Crippen molar-refractivity contribution in [3.63, 3.8) is 0 Å². The Labute approximate surface area is 151 Å². The first kappa shape index (κ1) is 21.7. The maximum absolute atomic E-state index is 6.01. The fourth-order valence-electron chi connectivity index (χ4n) is 2.08. The van der Waals surface area contributed by atoms with Crippen molar-refractivity contribution in [3.05, 3.63) is 57.6 Å². The molecule has 0 aromatic heterocycles. The molecule has 2 heteroatoms. The molecule has 0 amide bonds. The molecule has 128 valence electrons. The SMILES string of the molecule is CC.CC.CCCc1ccc(Oc2cc(C)ccc2Br)c(C)c1. The van der Waals surface area contributed by atoms with Crippen LogP contribution in [0.25, 0.3) is 0 Å². The second-order valence-electron chi connectivity index (χ2n) is 4.89. The lowest BCUT2D eigenvalue weighted by Gasteiger charge is -2.12. The molecule has 0 N–H and O–H groups in total. The minimum Gasteiger partial charge on any atom is -0.456 e. The number of halogens is 1. The van der Waals surface area contributed by atoms with Gasteiger partial charge in [0.15, 0.2) is 0 Å². The van der Waals surface area contributed by atoms with Gasteiger partial charge < -0.3 is 4.74 Å². The van der Waals surface area contributed by atoms with Crippen molar-refractivity contribution in [2.75, 3.05) is 0 Å². The normalized spacial score (nSPS) is 9.22. The van der Waals surface area contributed by atoms with Crippen molar-refractivity contribution in [2.45, 2.75) is 61.3 Å². The highest BCUT2D eigenvalue weighted by Crippen LogP contribution is 2.32. The van der Waals surface area contributed by atoms with Crippen LogP contribution in [0.2, 0.25) is 0 Å². The second-order valence-corrected chi connectivity index (χ2v) is 5.74. The van der Waals surface area contributed by atoms with Crippen LogP contribution in [0.4, 0.5) is 0 Å². The second kappa shape index (κ2) is 12.2. The molecule has 0 fully saturated rings. The average molecular weight is 379 g/mol. The topological polar surface area (TPSA) is 9.23 Å². The third-order valence-corrected chi connectivity index (χ3v) is 3.74. The minimum atomic E-state index is 0.867. The molecule has 0 aliphatic carbocycles. The fraction of sp³-hybridized carbons (Fsp3) is 0.429. The molecular weight excluding hydrogens is 348 g/mol. The zero-order chi connectivity index (χ0) is 17.8. The highest BCUT2D eigenvalue weighted by atomic mass is 79.9. The number of hydrogen-bond donors (Lipinski definition) is 0. The lowest BCUT2D eigenvalue weighted by molar-refractivity contribution is 0.475. The molecule has 0 heterocycles. The van der Waals surface area contributed by atoms with Crippen molar-refractivity contribution < 1.29 is 4.74 Å². The Kier molecular flexibility index (Phi) is 11.5. The first-order valence-corrected chi connectivity index (χ1v) is 9.43. The van der Waals surface area contributed by atoms with Gasteiger partial charge in [-0.05, 0) is 71.1 Å². The summed E-state index contributed by atoms with van der Waals surface area (Å²) in [5.74, 6) is 1.79. The number of aryl methyl sites for hydroxylation is 3. The van der Waals surface area contributed by atoms with E-state index >= 15 is 0 Å². The lowest BCUT2D eigenvalue weighted by Crippen LogP contribution is -1.91. The summed E-state index contributed by atoms with van der Waals surface area (Å²) < 4.78 is 6.99. The van der Waals surface area contributed by atoms with Crippen LogP contribution in [0.15, 0.2) is 40.9 Å². The smallest absolute Gasteiger partial charge is 0.141 e. The van der Waals surface area contributed by atoms with Gasteiger partial charge in [-0.1, -0.05) is 59.2 Å². The highest BCUT2D eigenvalue weighted by Gasteiger charge is 2.06. The van der Waals surface area contributed by atoms with E-state index in [2.05, 4.69) is 61.0 Å². The molecule has 0 unspecified atom stereocenters. The van der Waals surface area contributed by atoms with Gasteiger partial charge in [-0.25, -0.2) is 0 Å². The molecule has 23 heavy (non-hydrogen) atoms. The van der Waals surface area contributed by atoms with Crippen LogP contribution < -0.4 is 4.74 Å². The standard InChI is InChI=1S/C17H19BrO.2C2H6/c1-4-5-14-7-9-16(13(3)11-14)19-17-10-12(2)6-8-15(17)18;2*1-2/h6-11H,4-5H2,1-3H3;2*1-2H3. The maximum atomic E-state index is 6.01. The molecular formula is C21H31BrO. The van der Waals surface area contributed by atoms with Gasteiger partial charge in [0.25, 0.3) is 0 Å². The van der Waals surface area contributed by atoms with Crippen LogP contribution >= 0.6 is 15.9 Å². The van der Waals surface area contributed by atoms with E-state index in [9.17, 15) is 0 Å². The zero-order valence-corrected chi connectivity index (χ0v) is 17.3. The van der Waals surface area contributed by atoms with Crippen molar-refractivity contribution in [1.29, 1.82) is 0 Å². The molecule has 0 radical (unpaired) electrons. The third-order valence-electron chi connectivity index (χ3n) is 3.08. The lowest BCUT2D eigenvalue weighted by atomic mass is 10.1. The average Bonchev–Trinajstić information content (AvgIpc) is 2.57. The predicted octanol–water partition coefficient (Wildman–Crippen LogP) is 7.86. The van der Waals surface area contributed by atoms with E-state index in [0.717, 1.165) is 22.4 Å². The number of rotatable bonds is 4. The van der Waals surface area contributed by atoms with E-state index in [1.807, 2.05) is 39.8 Å². The van der Waals surface area contributed by atoms with Gasteiger partial charge in [0, 0.05) is 0 Å². The van der Waals surface area contributed by atoms with Gasteiger partial charge in [0.05, 0.1) is 4.47 Å². The van der Waals surface area contributed by atoms with Gasteiger partial charge in [-0.15, -0.1) is 0 Å². The van der Waals surface area contributed by atoms with Crippen LogP contribution in [0.5, 0.6) is 11.5 Å². The maximum Gasteiger partial charge on any atom is 0.141 e. The van der Waals surface area contributed by atoms with Crippen molar-refractivity contribution >= 4 is 15.9 Å². The Morgan fingerprint density at radius 2 is 1.52 bits per heavy atom. The monoisotopic (exact) mass is 378 g/mol.